The monoisotopic (exact) mass is 359 g/mol. The predicted octanol–water partition coefficient (Wildman–Crippen LogP) is 2.31. The van der Waals surface area contributed by atoms with E-state index in [0.717, 1.165) is 17.8 Å². The van der Waals surface area contributed by atoms with E-state index < -0.39 is 10.0 Å². The Bertz CT molecular complexity index is 497. The molecule has 1 aromatic rings. The molecule has 1 saturated heterocycles. The van der Waals surface area contributed by atoms with Gasteiger partial charge in [0.25, 0.3) is 10.0 Å². The summed E-state index contributed by atoms with van der Waals surface area (Å²) < 4.78 is 26.8. The third-order valence-electron chi connectivity index (χ3n) is 2.72. The highest BCUT2D eigenvalue weighted by Gasteiger charge is 2.36. The first-order chi connectivity index (χ1) is 7.96. The molecule has 0 aromatic carbocycles. The minimum Gasteiger partial charge on any atom is -0.395 e. The number of aliphatic hydroxyl groups excluding tert-OH is 1. The molecule has 0 radical (unpaired) electrons. The lowest BCUT2D eigenvalue weighted by atomic mass is 10.2. The Labute approximate surface area is 117 Å². The fraction of sp³-hybridized carbons (Fsp3) is 0.556. The number of hydrogen-bond acceptors (Lipinski definition) is 4. The zero-order chi connectivity index (χ0) is 12.6. The quantitative estimate of drug-likeness (QED) is 0.900. The smallest absolute Gasteiger partial charge is 0.252 e. The first kappa shape index (κ1) is 13.8. The van der Waals surface area contributed by atoms with Crippen LogP contribution in [0, 0.1) is 0 Å². The number of rotatable bonds is 3. The Hall–Kier alpha value is 0.340. The molecule has 1 aromatic heterocycles. The van der Waals surface area contributed by atoms with Crippen LogP contribution >= 0.6 is 38.9 Å². The molecule has 4 nitrogen and oxygen atoms in total. The fourth-order valence-corrected chi connectivity index (χ4v) is 6.09. The molecule has 2 heterocycles. The number of hydrogen-bond donors (Lipinski definition) is 1. The van der Waals surface area contributed by atoms with Gasteiger partial charge < -0.3 is 5.11 Å². The number of nitrogens with zero attached hydrogens (tertiary/aromatic N) is 1. The molecule has 0 aliphatic carbocycles. The van der Waals surface area contributed by atoms with Crippen molar-refractivity contribution in [3.05, 3.63) is 14.9 Å². The number of thiophene rings is 1. The largest absolute Gasteiger partial charge is 0.395 e. The average Bonchev–Trinajstić information content (AvgIpc) is 2.86. The van der Waals surface area contributed by atoms with E-state index in [2.05, 4.69) is 15.9 Å². The van der Waals surface area contributed by atoms with Gasteiger partial charge in [0.15, 0.2) is 0 Å². The van der Waals surface area contributed by atoms with Crippen LogP contribution in [0.25, 0.3) is 0 Å². The summed E-state index contributed by atoms with van der Waals surface area (Å²) in [6.45, 7) is 0.320. The van der Waals surface area contributed by atoms with Crippen LogP contribution in [0.2, 0.25) is 5.02 Å². The lowest BCUT2D eigenvalue weighted by Gasteiger charge is -2.21. The fourth-order valence-electron chi connectivity index (χ4n) is 1.88. The molecule has 1 aliphatic heterocycles. The van der Waals surface area contributed by atoms with Crippen molar-refractivity contribution in [3.8, 4) is 0 Å². The zero-order valence-corrected chi connectivity index (χ0v) is 12.7. The van der Waals surface area contributed by atoms with Crippen molar-refractivity contribution < 1.29 is 13.5 Å². The summed E-state index contributed by atoms with van der Waals surface area (Å²) in [5, 5.41) is 9.57. The minimum atomic E-state index is -3.52. The second-order valence-electron chi connectivity index (χ2n) is 3.78. The average molecular weight is 361 g/mol. The molecule has 0 spiro atoms. The first-order valence-corrected chi connectivity index (χ1v) is 8.47. The molecular formula is C9H11BrClNO3S2. The molecule has 96 valence electrons. The van der Waals surface area contributed by atoms with Crippen molar-refractivity contribution in [2.24, 2.45) is 0 Å². The summed E-state index contributed by atoms with van der Waals surface area (Å²) in [5.74, 6) is 0. The van der Waals surface area contributed by atoms with Gasteiger partial charge in [-0.05, 0) is 34.8 Å². The van der Waals surface area contributed by atoms with E-state index in [0.29, 0.717) is 21.8 Å². The molecule has 1 fully saturated rings. The van der Waals surface area contributed by atoms with Crippen LogP contribution in [0.3, 0.4) is 0 Å². The molecular weight excluding hydrogens is 350 g/mol. The summed E-state index contributed by atoms with van der Waals surface area (Å²) in [7, 11) is -3.52. The SMILES string of the molecule is O=S(=O)(c1cc(Cl)c(Br)s1)N1CCC[C@@H]1CO. The van der Waals surface area contributed by atoms with Crippen LogP contribution in [-0.4, -0.2) is 37.0 Å². The van der Waals surface area contributed by atoms with Gasteiger partial charge in [0.2, 0.25) is 0 Å². The lowest BCUT2D eigenvalue weighted by Crippen LogP contribution is -2.37. The number of aliphatic hydroxyl groups is 1. The summed E-state index contributed by atoms with van der Waals surface area (Å²) in [6.07, 6.45) is 1.49. The Kier molecular flexibility index (Phi) is 4.16. The normalized spacial score (nSPS) is 22.2. The topological polar surface area (TPSA) is 57.6 Å². The zero-order valence-electron chi connectivity index (χ0n) is 8.77. The van der Waals surface area contributed by atoms with Gasteiger partial charge in [-0.15, -0.1) is 11.3 Å². The van der Waals surface area contributed by atoms with Crippen LogP contribution in [0.4, 0.5) is 0 Å². The van der Waals surface area contributed by atoms with E-state index in [1.54, 1.807) is 0 Å². The van der Waals surface area contributed by atoms with Gasteiger partial charge in [-0.2, -0.15) is 4.31 Å². The van der Waals surface area contributed by atoms with Crippen molar-refractivity contribution >= 4 is 48.9 Å². The maximum atomic E-state index is 12.3. The number of halogens is 2. The van der Waals surface area contributed by atoms with E-state index in [1.165, 1.54) is 10.4 Å². The summed E-state index contributed by atoms with van der Waals surface area (Å²) in [4.78, 5) is 0. The molecule has 0 bridgehead atoms. The molecule has 8 heteroatoms. The van der Waals surface area contributed by atoms with E-state index in [4.69, 9.17) is 16.7 Å². The maximum Gasteiger partial charge on any atom is 0.252 e. The molecule has 1 aliphatic rings. The van der Waals surface area contributed by atoms with Gasteiger partial charge in [0, 0.05) is 12.6 Å². The molecule has 0 unspecified atom stereocenters. The van der Waals surface area contributed by atoms with Crippen LogP contribution in [0.1, 0.15) is 12.8 Å². The van der Waals surface area contributed by atoms with Crippen molar-refractivity contribution in [3.63, 3.8) is 0 Å². The van der Waals surface area contributed by atoms with Crippen LogP contribution < -0.4 is 0 Å². The first-order valence-electron chi connectivity index (χ1n) is 5.04. The lowest BCUT2D eigenvalue weighted by molar-refractivity contribution is 0.213. The van der Waals surface area contributed by atoms with Gasteiger partial charge in [-0.1, -0.05) is 11.6 Å². The van der Waals surface area contributed by atoms with E-state index >= 15 is 0 Å². The Morgan fingerprint density at radius 2 is 2.35 bits per heavy atom. The summed E-state index contributed by atoms with van der Waals surface area (Å²) in [6, 6.07) is 1.14. The van der Waals surface area contributed by atoms with Gasteiger partial charge in [0.05, 0.1) is 15.4 Å². The summed E-state index contributed by atoms with van der Waals surface area (Å²) in [5.41, 5.74) is 0. The minimum absolute atomic E-state index is 0.139. The predicted molar refractivity (Wildman–Crippen MR) is 71.0 cm³/mol. The standard InChI is InChI=1S/C9H11BrClNO3S2/c10-9-7(11)4-8(16-9)17(14,15)12-3-1-2-6(12)5-13/h4,6,13H,1-3,5H2/t6-/m1/s1. The molecule has 17 heavy (non-hydrogen) atoms. The molecule has 1 N–H and O–H groups in total. The van der Waals surface area contributed by atoms with E-state index in [9.17, 15) is 8.42 Å². The van der Waals surface area contributed by atoms with Gasteiger partial charge >= 0.3 is 0 Å². The molecule has 1 atom stereocenters. The molecule has 0 amide bonds. The third-order valence-corrected chi connectivity index (χ3v) is 7.60. The highest BCUT2D eigenvalue weighted by atomic mass is 79.9. The Balaban J connectivity index is 2.36. The van der Waals surface area contributed by atoms with E-state index in [1.807, 2.05) is 0 Å². The second-order valence-corrected chi connectivity index (χ2v) is 8.68. The third kappa shape index (κ3) is 2.54. The number of sulfonamides is 1. The van der Waals surface area contributed by atoms with Crippen LogP contribution in [-0.2, 0) is 10.0 Å². The Morgan fingerprint density at radius 3 is 2.88 bits per heavy atom. The highest BCUT2D eigenvalue weighted by molar-refractivity contribution is 9.11. The second kappa shape index (κ2) is 5.14. The maximum absolute atomic E-state index is 12.3. The van der Waals surface area contributed by atoms with Crippen LogP contribution in [0.5, 0.6) is 0 Å². The van der Waals surface area contributed by atoms with Crippen LogP contribution in [0.15, 0.2) is 14.1 Å². The van der Waals surface area contributed by atoms with Crippen molar-refractivity contribution in [1.29, 1.82) is 0 Å². The van der Waals surface area contributed by atoms with Gasteiger partial charge in [-0.25, -0.2) is 8.42 Å². The van der Waals surface area contributed by atoms with Crippen molar-refractivity contribution in [2.45, 2.75) is 23.1 Å². The van der Waals surface area contributed by atoms with E-state index in [-0.39, 0.29) is 16.9 Å². The molecule has 0 saturated carbocycles. The van der Waals surface area contributed by atoms with Gasteiger partial charge in [0.1, 0.15) is 4.21 Å². The highest BCUT2D eigenvalue weighted by Crippen LogP contribution is 2.37. The van der Waals surface area contributed by atoms with Crippen molar-refractivity contribution in [1.82, 2.24) is 4.31 Å². The van der Waals surface area contributed by atoms with Gasteiger partial charge in [-0.3, -0.25) is 0 Å². The summed E-state index contributed by atoms with van der Waals surface area (Å²) >= 11 is 10.1. The Morgan fingerprint density at radius 1 is 1.65 bits per heavy atom. The van der Waals surface area contributed by atoms with Crippen molar-refractivity contribution in [2.75, 3.05) is 13.2 Å². The molecule has 2 rings (SSSR count).